The first kappa shape index (κ1) is 20.1. The van der Waals surface area contributed by atoms with Gasteiger partial charge in [0.2, 0.25) is 0 Å². The Labute approximate surface area is 179 Å². The van der Waals surface area contributed by atoms with Crippen molar-refractivity contribution >= 4 is 22.2 Å². The van der Waals surface area contributed by atoms with Crippen LogP contribution in [0.1, 0.15) is 36.5 Å². The number of nitrogens with zero attached hydrogens (tertiary/aromatic N) is 4. The van der Waals surface area contributed by atoms with Crippen molar-refractivity contribution in [3.8, 4) is 0 Å². The fourth-order valence-electron chi connectivity index (χ4n) is 5.58. The molecule has 8 nitrogen and oxygen atoms in total. The van der Waals surface area contributed by atoms with Crippen LogP contribution < -0.4 is 5.56 Å². The number of aliphatic hydroxyl groups is 1. The summed E-state index contributed by atoms with van der Waals surface area (Å²) in [7, 11) is 0. The third-order valence-electron chi connectivity index (χ3n) is 7.01. The number of thiazole rings is 1. The molecule has 5 heterocycles. The molecule has 162 valence electrons. The number of likely N-dealkylation sites (tertiary alicyclic amines) is 2. The molecule has 30 heavy (non-hydrogen) atoms. The van der Waals surface area contributed by atoms with Gasteiger partial charge < -0.3 is 14.7 Å². The van der Waals surface area contributed by atoms with Crippen LogP contribution in [0.3, 0.4) is 0 Å². The third kappa shape index (κ3) is 3.10. The maximum Gasteiger partial charge on any atom is 0.271 e. The summed E-state index contributed by atoms with van der Waals surface area (Å²) < 4.78 is 7.89. The first-order chi connectivity index (χ1) is 14.6. The second kappa shape index (κ2) is 7.71. The number of unbranched alkanes of at least 4 members (excludes halogenated alkanes) is 2. The van der Waals surface area contributed by atoms with Crippen LogP contribution in [-0.4, -0.2) is 81.2 Å². The van der Waals surface area contributed by atoms with Gasteiger partial charge in [-0.3, -0.25) is 18.9 Å². The number of carbonyl (C=O) groups is 1. The Hall–Kier alpha value is -1.81. The first-order valence-corrected chi connectivity index (χ1v) is 11.7. The summed E-state index contributed by atoms with van der Waals surface area (Å²) in [5.74, 6) is -0.0504. The molecule has 0 radical (unpaired) electrons. The molecule has 2 aromatic rings. The lowest BCUT2D eigenvalue weighted by Crippen LogP contribution is -2.56. The molecule has 0 unspecified atom stereocenters. The summed E-state index contributed by atoms with van der Waals surface area (Å²) in [5, 5.41) is 11.9. The summed E-state index contributed by atoms with van der Waals surface area (Å²) in [6, 6.07) is 0. The molecule has 4 atom stereocenters. The lowest BCUT2D eigenvalue weighted by atomic mass is 9.83. The SMILES string of the molecule is CCCCCN1C[C@@H]2[C@H](CO)[C@H]3CN(C(=O)c4cnc5sccn5c4=O)C[C@]2(C1)O3. The highest BCUT2D eigenvalue weighted by molar-refractivity contribution is 7.15. The zero-order chi connectivity index (χ0) is 20.9. The van der Waals surface area contributed by atoms with E-state index in [1.807, 2.05) is 0 Å². The minimum Gasteiger partial charge on any atom is -0.396 e. The van der Waals surface area contributed by atoms with Gasteiger partial charge in [0.1, 0.15) is 11.2 Å². The molecule has 3 fully saturated rings. The molecular formula is C21H28N4O4S. The number of ether oxygens (including phenoxy) is 1. The molecule has 3 aliphatic heterocycles. The maximum absolute atomic E-state index is 13.3. The largest absolute Gasteiger partial charge is 0.396 e. The minimum atomic E-state index is -0.450. The van der Waals surface area contributed by atoms with Gasteiger partial charge in [0.15, 0.2) is 4.96 Å². The molecule has 2 aromatic heterocycles. The molecule has 5 rings (SSSR count). The zero-order valence-electron chi connectivity index (χ0n) is 17.2. The molecule has 1 amide bonds. The second-order valence-electron chi connectivity index (χ2n) is 8.83. The molecular weight excluding hydrogens is 404 g/mol. The second-order valence-corrected chi connectivity index (χ2v) is 9.71. The van der Waals surface area contributed by atoms with Crippen molar-refractivity contribution < 1.29 is 14.6 Å². The average Bonchev–Trinajstić information content (AvgIpc) is 3.39. The Morgan fingerprint density at radius 2 is 2.23 bits per heavy atom. The van der Waals surface area contributed by atoms with Gasteiger partial charge in [-0.1, -0.05) is 19.8 Å². The van der Waals surface area contributed by atoms with Gasteiger partial charge in [0.05, 0.1) is 12.6 Å². The summed E-state index contributed by atoms with van der Waals surface area (Å²) >= 11 is 1.36. The first-order valence-electron chi connectivity index (χ1n) is 10.8. The van der Waals surface area contributed by atoms with E-state index in [1.165, 1.54) is 34.8 Å². The highest BCUT2D eigenvalue weighted by atomic mass is 32.1. The zero-order valence-corrected chi connectivity index (χ0v) is 18.0. The van der Waals surface area contributed by atoms with Crippen LogP contribution in [0, 0.1) is 11.8 Å². The van der Waals surface area contributed by atoms with Crippen molar-refractivity contribution in [2.45, 2.75) is 37.9 Å². The molecule has 1 N–H and O–H groups in total. The molecule has 3 saturated heterocycles. The molecule has 0 aliphatic carbocycles. The van der Waals surface area contributed by atoms with Gasteiger partial charge in [-0.2, -0.15) is 0 Å². The van der Waals surface area contributed by atoms with E-state index in [0.717, 1.165) is 26.1 Å². The van der Waals surface area contributed by atoms with E-state index in [-0.39, 0.29) is 41.6 Å². The van der Waals surface area contributed by atoms with Crippen LogP contribution in [0.15, 0.2) is 22.6 Å². The van der Waals surface area contributed by atoms with Gasteiger partial charge in [-0.05, 0) is 13.0 Å². The summed E-state index contributed by atoms with van der Waals surface area (Å²) in [5.41, 5.74) is -0.683. The maximum atomic E-state index is 13.3. The van der Waals surface area contributed by atoms with Gasteiger partial charge in [-0.25, -0.2) is 4.98 Å². The van der Waals surface area contributed by atoms with Gasteiger partial charge >= 0.3 is 0 Å². The minimum absolute atomic E-state index is 0.0255. The monoisotopic (exact) mass is 432 g/mol. The predicted molar refractivity (Wildman–Crippen MR) is 113 cm³/mol. The van der Waals surface area contributed by atoms with Crippen molar-refractivity contribution in [2.24, 2.45) is 11.8 Å². The van der Waals surface area contributed by atoms with Gasteiger partial charge in [-0.15, -0.1) is 11.3 Å². The molecule has 2 bridgehead atoms. The standard InChI is InChI=1S/C21H28N4O4S/c1-2-3-4-5-23-9-16-15(11-26)17-10-24(13-21(16,12-23)29-17)18(27)14-8-22-20-25(19(14)28)6-7-30-20/h6-8,15-17,26H,2-5,9-13H2,1H3/t15-,16+,17+,21-/m0/s1. The van der Waals surface area contributed by atoms with Crippen molar-refractivity contribution in [3.63, 3.8) is 0 Å². The molecule has 0 aromatic carbocycles. The van der Waals surface area contributed by atoms with Crippen molar-refractivity contribution in [1.29, 1.82) is 0 Å². The highest BCUT2D eigenvalue weighted by Gasteiger charge is 2.62. The van der Waals surface area contributed by atoms with Crippen LogP contribution in [0.4, 0.5) is 0 Å². The normalized spacial score (nSPS) is 30.9. The Kier molecular flexibility index (Phi) is 5.17. The summed E-state index contributed by atoms with van der Waals surface area (Å²) in [6.45, 7) is 5.82. The smallest absolute Gasteiger partial charge is 0.271 e. The Morgan fingerprint density at radius 3 is 3.03 bits per heavy atom. The van der Waals surface area contributed by atoms with E-state index in [4.69, 9.17) is 4.74 Å². The number of fused-ring (bicyclic) bond motifs is 2. The molecule has 1 spiro atoms. The Bertz CT molecular complexity index is 1010. The van der Waals surface area contributed by atoms with Crippen LogP contribution >= 0.6 is 11.3 Å². The Balaban J connectivity index is 1.40. The summed E-state index contributed by atoms with van der Waals surface area (Å²) in [6.07, 6.45) is 6.40. The fourth-order valence-corrected chi connectivity index (χ4v) is 6.26. The fraction of sp³-hybridized carbons (Fsp3) is 0.667. The molecule has 9 heteroatoms. The van der Waals surface area contributed by atoms with E-state index in [1.54, 1.807) is 16.5 Å². The van der Waals surface area contributed by atoms with E-state index in [9.17, 15) is 14.7 Å². The molecule has 0 saturated carbocycles. The van der Waals surface area contributed by atoms with Crippen molar-refractivity contribution in [3.05, 3.63) is 33.7 Å². The van der Waals surface area contributed by atoms with Crippen LogP contribution in [-0.2, 0) is 4.74 Å². The number of rotatable bonds is 6. The number of hydrogen-bond acceptors (Lipinski definition) is 7. The number of aliphatic hydroxyl groups excluding tert-OH is 1. The van der Waals surface area contributed by atoms with Crippen LogP contribution in [0.2, 0.25) is 0 Å². The Morgan fingerprint density at radius 1 is 1.37 bits per heavy atom. The predicted octanol–water partition coefficient (Wildman–Crippen LogP) is 1.08. The van der Waals surface area contributed by atoms with Crippen LogP contribution in [0.5, 0.6) is 0 Å². The lowest BCUT2D eigenvalue weighted by Gasteiger charge is -2.40. The van der Waals surface area contributed by atoms with E-state index >= 15 is 0 Å². The van der Waals surface area contributed by atoms with E-state index in [2.05, 4.69) is 16.8 Å². The highest BCUT2D eigenvalue weighted by Crippen LogP contribution is 2.49. The van der Waals surface area contributed by atoms with Crippen molar-refractivity contribution in [1.82, 2.24) is 19.2 Å². The van der Waals surface area contributed by atoms with E-state index < -0.39 is 5.60 Å². The number of amides is 1. The lowest BCUT2D eigenvalue weighted by molar-refractivity contribution is -0.108. The van der Waals surface area contributed by atoms with Gasteiger partial charge in [0, 0.05) is 55.9 Å². The summed E-state index contributed by atoms with van der Waals surface area (Å²) in [4.78, 5) is 35.1. The van der Waals surface area contributed by atoms with E-state index in [0.29, 0.717) is 18.1 Å². The topological polar surface area (TPSA) is 87.4 Å². The van der Waals surface area contributed by atoms with Gasteiger partial charge in [0.25, 0.3) is 11.5 Å². The average molecular weight is 433 g/mol. The number of morpholine rings is 1. The van der Waals surface area contributed by atoms with Crippen LogP contribution in [0.25, 0.3) is 4.96 Å². The van der Waals surface area contributed by atoms with Crippen molar-refractivity contribution in [2.75, 3.05) is 39.3 Å². The molecule has 3 aliphatic rings. The number of hydrogen-bond donors (Lipinski definition) is 1. The third-order valence-corrected chi connectivity index (χ3v) is 7.78. The number of aromatic nitrogens is 2. The quantitative estimate of drug-likeness (QED) is 0.688. The number of carbonyl (C=O) groups excluding carboxylic acids is 1.